The first-order valence-electron chi connectivity index (χ1n) is 4.79. The first-order chi connectivity index (χ1) is 6.72. The maximum atomic E-state index is 5.15. The monoisotopic (exact) mass is 228 g/mol. The zero-order valence-corrected chi connectivity index (χ0v) is 10.2. The molecule has 0 aliphatic rings. The average Bonchev–Trinajstić information content (AvgIpc) is 2.67. The highest BCUT2D eigenvalue weighted by atomic mass is 32.1. The second-order valence-corrected chi connectivity index (χ2v) is 4.66. The van der Waals surface area contributed by atoms with Gasteiger partial charge in [0.05, 0.1) is 6.54 Å². The lowest BCUT2D eigenvalue weighted by Crippen LogP contribution is -2.39. The van der Waals surface area contributed by atoms with Crippen LogP contribution in [0, 0.1) is 0 Å². The molecule has 1 unspecified atom stereocenters. The second-order valence-electron chi connectivity index (χ2n) is 3.22. The molecule has 1 atom stereocenters. The summed E-state index contributed by atoms with van der Waals surface area (Å²) in [5.74, 6) is 0. The number of thiophene rings is 1. The van der Waals surface area contributed by atoms with E-state index >= 15 is 0 Å². The molecule has 78 valence electrons. The van der Waals surface area contributed by atoms with Gasteiger partial charge in [0.2, 0.25) is 0 Å². The van der Waals surface area contributed by atoms with Crippen LogP contribution in [0.3, 0.4) is 0 Å². The fourth-order valence-electron chi connectivity index (χ4n) is 0.957. The summed E-state index contributed by atoms with van der Waals surface area (Å²) >= 11 is 6.89. The van der Waals surface area contributed by atoms with Gasteiger partial charge in [-0.05, 0) is 37.0 Å². The van der Waals surface area contributed by atoms with Crippen molar-refractivity contribution in [2.45, 2.75) is 32.9 Å². The van der Waals surface area contributed by atoms with Crippen molar-refractivity contribution in [2.24, 2.45) is 0 Å². The van der Waals surface area contributed by atoms with Crippen LogP contribution in [-0.4, -0.2) is 11.2 Å². The van der Waals surface area contributed by atoms with E-state index in [0.717, 1.165) is 18.1 Å². The molecule has 0 aliphatic carbocycles. The van der Waals surface area contributed by atoms with Crippen LogP contribution >= 0.6 is 23.6 Å². The van der Waals surface area contributed by atoms with Crippen molar-refractivity contribution in [3.8, 4) is 0 Å². The Morgan fingerprint density at radius 2 is 2.43 bits per heavy atom. The van der Waals surface area contributed by atoms with Crippen molar-refractivity contribution in [2.75, 3.05) is 0 Å². The first-order valence-corrected chi connectivity index (χ1v) is 6.08. The van der Waals surface area contributed by atoms with Gasteiger partial charge < -0.3 is 10.6 Å². The molecule has 2 N–H and O–H groups in total. The summed E-state index contributed by atoms with van der Waals surface area (Å²) in [6.07, 6.45) is 1.08. The van der Waals surface area contributed by atoms with Crippen LogP contribution in [0.2, 0.25) is 0 Å². The van der Waals surface area contributed by atoms with Crippen molar-refractivity contribution >= 4 is 28.7 Å². The fourth-order valence-corrected chi connectivity index (χ4v) is 1.88. The van der Waals surface area contributed by atoms with Gasteiger partial charge in [-0.3, -0.25) is 0 Å². The third-order valence-electron chi connectivity index (χ3n) is 1.99. The molecular formula is C10H16N2S2. The van der Waals surface area contributed by atoms with E-state index in [4.69, 9.17) is 12.2 Å². The Bertz CT molecular complexity index is 270. The van der Waals surface area contributed by atoms with Crippen LogP contribution in [-0.2, 0) is 6.54 Å². The molecule has 1 rings (SSSR count). The van der Waals surface area contributed by atoms with Crippen LogP contribution < -0.4 is 10.6 Å². The van der Waals surface area contributed by atoms with E-state index in [-0.39, 0.29) is 0 Å². The molecule has 0 amide bonds. The molecule has 14 heavy (non-hydrogen) atoms. The van der Waals surface area contributed by atoms with E-state index in [2.05, 4.69) is 35.9 Å². The smallest absolute Gasteiger partial charge is 0.166 e. The van der Waals surface area contributed by atoms with Crippen molar-refractivity contribution in [3.05, 3.63) is 22.4 Å². The molecule has 1 heterocycles. The van der Waals surface area contributed by atoms with Crippen molar-refractivity contribution in [1.29, 1.82) is 0 Å². The lowest BCUT2D eigenvalue weighted by molar-refractivity contribution is 0.632. The summed E-state index contributed by atoms with van der Waals surface area (Å²) in [5, 5.41) is 9.21. The molecule has 2 nitrogen and oxygen atoms in total. The Balaban J connectivity index is 2.22. The largest absolute Gasteiger partial charge is 0.360 e. The van der Waals surface area contributed by atoms with Gasteiger partial charge in [0.15, 0.2) is 5.11 Å². The minimum atomic E-state index is 0.443. The number of thiocarbonyl (C=S) groups is 1. The highest BCUT2D eigenvalue weighted by Gasteiger charge is 2.00. The Hall–Kier alpha value is -0.610. The third-order valence-corrected chi connectivity index (χ3v) is 3.13. The zero-order chi connectivity index (χ0) is 10.4. The highest BCUT2D eigenvalue weighted by molar-refractivity contribution is 7.80. The average molecular weight is 228 g/mol. The van der Waals surface area contributed by atoms with Gasteiger partial charge in [0, 0.05) is 10.9 Å². The first kappa shape index (κ1) is 11.5. The van der Waals surface area contributed by atoms with Crippen molar-refractivity contribution < 1.29 is 0 Å². The van der Waals surface area contributed by atoms with E-state index in [1.807, 2.05) is 6.07 Å². The molecule has 0 saturated carbocycles. The molecule has 0 fully saturated rings. The normalized spacial score (nSPS) is 12.1. The Labute approximate surface area is 94.7 Å². The maximum Gasteiger partial charge on any atom is 0.166 e. The molecule has 0 spiro atoms. The minimum absolute atomic E-state index is 0.443. The summed E-state index contributed by atoms with van der Waals surface area (Å²) in [6.45, 7) is 5.08. The minimum Gasteiger partial charge on any atom is -0.360 e. The Kier molecular flexibility index (Phi) is 4.90. The predicted molar refractivity (Wildman–Crippen MR) is 66.6 cm³/mol. The number of nitrogens with one attached hydrogen (secondary N) is 2. The molecule has 0 bridgehead atoms. The number of hydrogen-bond donors (Lipinski definition) is 2. The quantitative estimate of drug-likeness (QED) is 0.774. The van der Waals surface area contributed by atoms with Crippen LogP contribution in [0.25, 0.3) is 0 Å². The van der Waals surface area contributed by atoms with E-state index in [1.165, 1.54) is 4.88 Å². The summed E-state index contributed by atoms with van der Waals surface area (Å²) < 4.78 is 0. The van der Waals surface area contributed by atoms with Gasteiger partial charge >= 0.3 is 0 Å². The highest BCUT2D eigenvalue weighted by Crippen LogP contribution is 2.07. The Morgan fingerprint density at radius 3 is 3.00 bits per heavy atom. The molecule has 1 aromatic heterocycles. The van der Waals surface area contributed by atoms with E-state index in [1.54, 1.807) is 11.3 Å². The van der Waals surface area contributed by atoms with Crippen molar-refractivity contribution in [3.63, 3.8) is 0 Å². The standard InChI is InChI=1S/C10H16N2S2/c1-3-8(2)12-10(13)11-7-9-5-4-6-14-9/h4-6,8H,3,7H2,1-2H3,(H2,11,12,13). The maximum absolute atomic E-state index is 5.15. The molecular weight excluding hydrogens is 212 g/mol. The molecule has 0 aliphatic heterocycles. The third kappa shape index (κ3) is 4.07. The van der Waals surface area contributed by atoms with Crippen LogP contribution in [0.1, 0.15) is 25.1 Å². The molecule has 0 radical (unpaired) electrons. The Morgan fingerprint density at radius 1 is 1.64 bits per heavy atom. The van der Waals surface area contributed by atoms with Gasteiger partial charge in [0.1, 0.15) is 0 Å². The molecule has 1 aromatic rings. The van der Waals surface area contributed by atoms with Gasteiger partial charge in [-0.15, -0.1) is 11.3 Å². The van der Waals surface area contributed by atoms with E-state index in [9.17, 15) is 0 Å². The lowest BCUT2D eigenvalue weighted by atomic mass is 10.3. The van der Waals surface area contributed by atoms with Gasteiger partial charge in [-0.2, -0.15) is 0 Å². The SMILES string of the molecule is CCC(C)NC(=S)NCc1cccs1. The van der Waals surface area contributed by atoms with Crippen LogP contribution in [0.5, 0.6) is 0 Å². The van der Waals surface area contributed by atoms with Crippen molar-refractivity contribution in [1.82, 2.24) is 10.6 Å². The number of rotatable bonds is 4. The molecule has 0 saturated heterocycles. The molecule has 0 aromatic carbocycles. The fraction of sp³-hybridized carbons (Fsp3) is 0.500. The lowest BCUT2D eigenvalue weighted by Gasteiger charge is -2.14. The summed E-state index contributed by atoms with van der Waals surface area (Å²) in [7, 11) is 0. The zero-order valence-electron chi connectivity index (χ0n) is 8.54. The van der Waals surface area contributed by atoms with Gasteiger partial charge in [-0.25, -0.2) is 0 Å². The predicted octanol–water partition coefficient (Wildman–Crippen LogP) is 2.51. The molecule has 4 heteroatoms. The van der Waals surface area contributed by atoms with Gasteiger partial charge in [-0.1, -0.05) is 13.0 Å². The summed E-state index contributed by atoms with van der Waals surface area (Å²) in [5.41, 5.74) is 0. The second kappa shape index (κ2) is 5.98. The van der Waals surface area contributed by atoms with E-state index in [0.29, 0.717) is 6.04 Å². The topological polar surface area (TPSA) is 24.1 Å². The summed E-state index contributed by atoms with van der Waals surface area (Å²) in [4.78, 5) is 1.30. The van der Waals surface area contributed by atoms with E-state index < -0.39 is 0 Å². The van der Waals surface area contributed by atoms with Crippen LogP contribution in [0.4, 0.5) is 0 Å². The van der Waals surface area contributed by atoms with Crippen LogP contribution in [0.15, 0.2) is 17.5 Å². The summed E-state index contributed by atoms with van der Waals surface area (Å²) in [6, 6.07) is 4.59. The number of hydrogen-bond acceptors (Lipinski definition) is 2. The van der Waals surface area contributed by atoms with Gasteiger partial charge in [0.25, 0.3) is 0 Å².